The van der Waals surface area contributed by atoms with Crippen LogP contribution in [0.2, 0.25) is 0 Å². The highest BCUT2D eigenvalue weighted by Gasteiger charge is 2.28. The van der Waals surface area contributed by atoms with Gasteiger partial charge >= 0.3 is 0 Å². The molecule has 1 atom stereocenters. The largest absolute Gasteiger partial charge is 0.324 e. The summed E-state index contributed by atoms with van der Waals surface area (Å²) in [4.78, 5) is 0. The summed E-state index contributed by atoms with van der Waals surface area (Å²) in [5, 5.41) is 0. The first kappa shape index (κ1) is 12.6. The van der Waals surface area contributed by atoms with Gasteiger partial charge in [-0.25, -0.2) is 4.39 Å². The molecule has 0 amide bonds. The third-order valence-electron chi connectivity index (χ3n) is 3.69. The number of fused-ring (bicyclic) bond motifs is 1. The zero-order valence-electron chi connectivity index (χ0n) is 11.2. The van der Waals surface area contributed by atoms with Crippen LogP contribution in [0.4, 0.5) is 4.39 Å². The fourth-order valence-electron chi connectivity index (χ4n) is 3.00. The minimum atomic E-state index is -0.148. The van der Waals surface area contributed by atoms with Gasteiger partial charge in [0.2, 0.25) is 0 Å². The molecule has 1 unspecified atom stereocenters. The summed E-state index contributed by atoms with van der Waals surface area (Å²) in [5.74, 6) is -0.0114. The molecule has 2 rings (SSSR count). The lowest BCUT2D eigenvalue weighted by atomic mass is 9.78. The number of benzene rings is 1. The number of nitrogens with two attached hydrogens (primary N) is 1. The van der Waals surface area contributed by atoms with Crippen molar-refractivity contribution in [3.8, 4) is 0 Å². The van der Waals surface area contributed by atoms with Crippen molar-refractivity contribution in [3.63, 3.8) is 0 Å². The number of halogens is 1. The lowest BCUT2D eigenvalue weighted by Crippen LogP contribution is -2.23. The van der Waals surface area contributed by atoms with Crippen molar-refractivity contribution in [3.05, 3.63) is 34.1 Å². The Bertz CT molecular complexity index is 443. The molecule has 0 saturated carbocycles. The molecule has 1 aromatic rings. The summed E-state index contributed by atoms with van der Waals surface area (Å²) < 4.78 is 14.6. The molecule has 0 radical (unpaired) electrons. The summed E-state index contributed by atoms with van der Waals surface area (Å²) in [7, 11) is 0. The quantitative estimate of drug-likeness (QED) is 0.728. The molecule has 0 spiro atoms. The van der Waals surface area contributed by atoms with Crippen LogP contribution in [0.5, 0.6) is 0 Å². The first-order chi connectivity index (χ1) is 7.82. The van der Waals surface area contributed by atoms with Gasteiger partial charge < -0.3 is 5.73 Å². The van der Waals surface area contributed by atoms with Gasteiger partial charge in [-0.3, -0.25) is 0 Å². The van der Waals surface area contributed by atoms with Gasteiger partial charge in [-0.05, 0) is 53.9 Å². The molecule has 0 bridgehead atoms. The Morgan fingerprint density at radius 2 is 2.00 bits per heavy atom. The molecule has 0 aliphatic heterocycles. The summed E-state index contributed by atoms with van der Waals surface area (Å²) in [6.45, 7) is 8.18. The van der Waals surface area contributed by atoms with Crippen molar-refractivity contribution in [1.29, 1.82) is 0 Å². The van der Waals surface area contributed by atoms with Crippen LogP contribution in [0.1, 0.15) is 61.9 Å². The molecule has 1 aromatic carbocycles. The zero-order valence-corrected chi connectivity index (χ0v) is 11.2. The van der Waals surface area contributed by atoms with E-state index >= 15 is 0 Å². The Labute approximate surface area is 103 Å². The van der Waals surface area contributed by atoms with E-state index in [0.29, 0.717) is 0 Å². The minimum Gasteiger partial charge on any atom is -0.324 e. The van der Waals surface area contributed by atoms with Gasteiger partial charge in [0.15, 0.2) is 0 Å². The van der Waals surface area contributed by atoms with Gasteiger partial charge in [0.25, 0.3) is 0 Å². The molecule has 0 heterocycles. The predicted octanol–water partition coefficient (Wildman–Crippen LogP) is 3.77. The molecule has 1 aliphatic rings. The Balaban J connectivity index is 2.66. The molecular formula is C15H22FN. The van der Waals surface area contributed by atoms with E-state index in [2.05, 4.69) is 26.8 Å². The standard InChI is InChI=1S/C15H22FN/c1-9-8-11-10(6-5-7-12(11)17)14(16)13(9)15(2,3)4/h8,12H,5-7,17H2,1-4H3. The highest BCUT2D eigenvalue weighted by atomic mass is 19.1. The average molecular weight is 235 g/mol. The van der Waals surface area contributed by atoms with Crippen LogP contribution in [0, 0.1) is 12.7 Å². The third-order valence-corrected chi connectivity index (χ3v) is 3.69. The number of hydrogen-bond donors (Lipinski definition) is 1. The van der Waals surface area contributed by atoms with Crippen LogP contribution in [-0.2, 0) is 11.8 Å². The highest BCUT2D eigenvalue weighted by molar-refractivity contribution is 5.45. The lowest BCUT2D eigenvalue weighted by molar-refractivity contribution is 0.487. The summed E-state index contributed by atoms with van der Waals surface area (Å²) in [6.07, 6.45) is 2.80. The van der Waals surface area contributed by atoms with Crippen molar-refractivity contribution in [2.75, 3.05) is 0 Å². The van der Waals surface area contributed by atoms with Crippen LogP contribution in [-0.4, -0.2) is 0 Å². The van der Waals surface area contributed by atoms with Gasteiger partial charge in [0, 0.05) is 6.04 Å². The number of aryl methyl sites for hydroxylation is 1. The Kier molecular flexibility index (Phi) is 3.03. The highest BCUT2D eigenvalue weighted by Crippen LogP contribution is 2.37. The van der Waals surface area contributed by atoms with Gasteiger partial charge in [-0.1, -0.05) is 26.8 Å². The van der Waals surface area contributed by atoms with E-state index in [1.165, 1.54) is 0 Å². The zero-order chi connectivity index (χ0) is 12.8. The van der Waals surface area contributed by atoms with Crippen molar-refractivity contribution >= 4 is 0 Å². The maximum atomic E-state index is 14.6. The molecular weight excluding hydrogens is 213 g/mol. The van der Waals surface area contributed by atoms with Gasteiger partial charge in [-0.2, -0.15) is 0 Å². The summed E-state index contributed by atoms with van der Waals surface area (Å²) in [6, 6.07) is 2.11. The molecule has 2 N–H and O–H groups in total. The summed E-state index contributed by atoms with van der Waals surface area (Å²) >= 11 is 0. The fourth-order valence-corrected chi connectivity index (χ4v) is 3.00. The van der Waals surface area contributed by atoms with E-state index in [1.54, 1.807) is 0 Å². The molecule has 1 nitrogen and oxygen atoms in total. The van der Waals surface area contributed by atoms with Gasteiger partial charge in [-0.15, -0.1) is 0 Å². The normalized spacial score (nSPS) is 20.2. The maximum absolute atomic E-state index is 14.6. The predicted molar refractivity (Wildman–Crippen MR) is 69.7 cm³/mol. The second kappa shape index (κ2) is 4.09. The van der Waals surface area contributed by atoms with Gasteiger partial charge in [0.05, 0.1) is 0 Å². The van der Waals surface area contributed by atoms with E-state index < -0.39 is 0 Å². The number of hydrogen-bond acceptors (Lipinski definition) is 1. The smallest absolute Gasteiger partial charge is 0.130 e. The lowest BCUT2D eigenvalue weighted by Gasteiger charge is -2.29. The van der Waals surface area contributed by atoms with Crippen molar-refractivity contribution in [1.82, 2.24) is 0 Å². The Hall–Kier alpha value is -0.890. The van der Waals surface area contributed by atoms with E-state index in [4.69, 9.17) is 5.73 Å². The third kappa shape index (κ3) is 2.11. The molecule has 0 saturated heterocycles. The van der Waals surface area contributed by atoms with E-state index in [1.807, 2.05) is 6.92 Å². The van der Waals surface area contributed by atoms with E-state index in [-0.39, 0.29) is 17.3 Å². The molecule has 0 aromatic heterocycles. The van der Waals surface area contributed by atoms with Crippen molar-refractivity contribution in [2.45, 2.75) is 58.4 Å². The first-order valence-corrected chi connectivity index (χ1v) is 6.40. The SMILES string of the molecule is Cc1cc2c(c(F)c1C(C)(C)C)CCCC2N. The topological polar surface area (TPSA) is 26.0 Å². The van der Waals surface area contributed by atoms with Gasteiger partial charge in [0.1, 0.15) is 5.82 Å². The second-order valence-corrected chi connectivity index (χ2v) is 6.20. The van der Waals surface area contributed by atoms with Crippen LogP contribution >= 0.6 is 0 Å². The van der Waals surface area contributed by atoms with Crippen LogP contribution in [0.3, 0.4) is 0 Å². The second-order valence-electron chi connectivity index (χ2n) is 6.20. The minimum absolute atomic E-state index is 0.0114. The van der Waals surface area contributed by atoms with Crippen LogP contribution in [0.25, 0.3) is 0 Å². The monoisotopic (exact) mass is 235 g/mol. The van der Waals surface area contributed by atoms with E-state index in [9.17, 15) is 4.39 Å². The average Bonchev–Trinajstić information content (AvgIpc) is 2.17. The molecule has 0 fully saturated rings. The molecule has 17 heavy (non-hydrogen) atoms. The first-order valence-electron chi connectivity index (χ1n) is 6.40. The number of rotatable bonds is 0. The molecule has 94 valence electrons. The van der Waals surface area contributed by atoms with E-state index in [0.717, 1.165) is 41.5 Å². The van der Waals surface area contributed by atoms with Crippen molar-refractivity contribution < 1.29 is 4.39 Å². The van der Waals surface area contributed by atoms with Crippen LogP contribution in [0.15, 0.2) is 6.07 Å². The molecule has 2 heteroatoms. The van der Waals surface area contributed by atoms with Crippen LogP contribution < -0.4 is 5.73 Å². The Morgan fingerprint density at radius 1 is 1.35 bits per heavy atom. The maximum Gasteiger partial charge on any atom is 0.130 e. The molecule has 1 aliphatic carbocycles. The van der Waals surface area contributed by atoms with Crippen molar-refractivity contribution in [2.24, 2.45) is 5.73 Å². The Morgan fingerprint density at radius 3 is 2.59 bits per heavy atom. The summed E-state index contributed by atoms with van der Waals surface area (Å²) in [5.41, 5.74) is 9.70. The fraction of sp³-hybridized carbons (Fsp3) is 0.600.